The summed E-state index contributed by atoms with van der Waals surface area (Å²) in [6.07, 6.45) is 3.23. The summed E-state index contributed by atoms with van der Waals surface area (Å²) in [5, 5.41) is 0. The van der Waals surface area contributed by atoms with Crippen LogP contribution in [-0.2, 0) is 49.6 Å². The predicted molar refractivity (Wildman–Crippen MR) is 215 cm³/mol. The molecule has 0 N–H and O–H groups in total. The zero-order chi connectivity index (χ0) is 38.1. The maximum atomic E-state index is 12.5. The molecule has 4 rings (SSSR count). The summed E-state index contributed by atoms with van der Waals surface area (Å²) in [7, 11) is 2.34. The maximum absolute atomic E-state index is 12.5. The number of nitrogens with zero attached hydrogens (tertiary/aromatic N) is 1. The van der Waals surface area contributed by atoms with Crippen LogP contribution in [0.1, 0.15) is 36.8 Å². The lowest BCUT2D eigenvalue weighted by molar-refractivity contribution is -0.144. The van der Waals surface area contributed by atoms with E-state index in [-0.39, 0.29) is 11.9 Å². The molecular weight excluding hydrogens is 703 g/mol. The van der Waals surface area contributed by atoms with Gasteiger partial charge in [-0.3, -0.25) is 9.59 Å². The molecule has 284 valence electrons. The average Bonchev–Trinajstić information content (AvgIpc) is 3.21. The molecule has 9 nitrogen and oxygen atoms in total. The van der Waals surface area contributed by atoms with Gasteiger partial charge in [-0.1, -0.05) is 66.7 Å². The van der Waals surface area contributed by atoms with Crippen LogP contribution in [0.5, 0.6) is 0 Å². The fourth-order valence-corrected chi connectivity index (χ4v) is 8.60. The number of ether oxygens (including phenoxy) is 2. The molecule has 0 unspecified atom stereocenters. The highest BCUT2D eigenvalue weighted by atomic mass is 28.4. The SMILES string of the molecule is CO[Si](C)(CCCOC(=O)CCc1ccc(N(c2ccc(CCC(=O)OCCC[Si](C)(OC)OC)cc2)c2ccc(-c3ccccc3)cc2)cc1)OC. The highest BCUT2D eigenvalue weighted by molar-refractivity contribution is 6.66. The average molecular weight is 758 g/mol. The van der Waals surface area contributed by atoms with E-state index in [1.807, 2.05) is 31.3 Å². The molecular formula is C42H55NO8Si2. The number of hydrogen-bond acceptors (Lipinski definition) is 9. The van der Waals surface area contributed by atoms with E-state index < -0.39 is 17.1 Å². The van der Waals surface area contributed by atoms with Gasteiger partial charge in [-0.2, -0.15) is 0 Å². The number of anilines is 3. The molecule has 11 heteroatoms. The van der Waals surface area contributed by atoms with Crippen LogP contribution in [-0.4, -0.2) is 70.7 Å². The van der Waals surface area contributed by atoms with E-state index in [1.54, 1.807) is 28.4 Å². The van der Waals surface area contributed by atoms with Gasteiger partial charge in [0.2, 0.25) is 0 Å². The Bertz CT molecular complexity index is 1590. The standard InChI is InChI=1S/C42H55NO8Si2/c1-46-52(5,47-2)32-10-30-50-41(44)28-18-34-14-22-38(23-15-34)43(40-26-20-37(21-27-40)36-12-8-7-9-13-36)39-24-16-35(17-25-39)19-29-42(45)51-31-11-33-53(6,48-3)49-4/h7-9,12-17,20-27H,10-11,18-19,28-33H2,1-6H3. The summed E-state index contributed by atoms with van der Waals surface area (Å²) in [6.45, 7) is 4.73. The molecule has 0 aromatic heterocycles. The third-order valence-corrected chi connectivity index (χ3v) is 15.6. The normalized spacial score (nSPS) is 11.7. The van der Waals surface area contributed by atoms with Gasteiger partial charge >= 0.3 is 29.1 Å². The van der Waals surface area contributed by atoms with Crippen molar-refractivity contribution in [2.75, 3.05) is 46.6 Å². The van der Waals surface area contributed by atoms with E-state index in [0.29, 0.717) is 51.7 Å². The van der Waals surface area contributed by atoms with Gasteiger partial charge in [-0.25, -0.2) is 0 Å². The van der Waals surface area contributed by atoms with Crippen LogP contribution in [0.4, 0.5) is 17.1 Å². The Labute approximate surface area is 317 Å². The van der Waals surface area contributed by atoms with Crippen LogP contribution in [0.2, 0.25) is 25.2 Å². The zero-order valence-corrected chi connectivity index (χ0v) is 34.1. The largest absolute Gasteiger partial charge is 0.466 e. The van der Waals surface area contributed by atoms with Crippen molar-refractivity contribution in [3.05, 3.63) is 114 Å². The minimum absolute atomic E-state index is 0.209. The lowest BCUT2D eigenvalue weighted by Gasteiger charge is -2.26. The molecule has 0 heterocycles. The Hall–Kier alpha value is -4.11. The van der Waals surface area contributed by atoms with Gasteiger partial charge < -0.3 is 32.1 Å². The maximum Gasteiger partial charge on any atom is 0.334 e. The number of benzene rings is 4. The monoisotopic (exact) mass is 757 g/mol. The summed E-state index contributed by atoms with van der Waals surface area (Å²) >= 11 is 0. The molecule has 0 aliphatic carbocycles. The molecule has 0 spiro atoms. The van der Waals surface area contributed by atoms with Gasteiger partial charge in [0.15, 0.2) is 0 Å². The van der Waals surface area contributed by atoms with Gasteiger partial charge in [0.25, 0.3) is 0 Å². The lowest BCUT2D eigenvalue weighted by atomic mass is 10.0. The number of esters is 2. The topological polar surface area (TPSA) is 92.8 Å². The molecule has 0 amide bonds. The molecule has 0 saturated heterocycles. The van der Waals surface area contributed by atoms with E-state index in [9.17, 15) is 9.59 Å². The second-order valence-corrected chi connectivity index (χ2v) is 20.5. The smallest absolute Gasteiger partial charge is 0.334 e. The molecule has 4 aromatic carbocycles. The van der Waals surface area contributed by atoms with Crippen molar-refractivity contribution in [2.45, 2.75) is 63.7 Å². The van der Waals surface area contributed by atoms with Gasteiger partial charge in [-0.05, 0) is 110 Å². The van der Waals surface area contributed by atoms with Crippen molar-refractivity contribution in [1.82, 2.24) is 0 Å². The van der Waals surface area contributed by atoms with Crippen molar-refractivity contribution in [1.29, 1.82) is 0 Å². The third-order valence-electron chi connectivity index (χ3n) is 9.66. The molecule has 53 heavy (non-hydrogen) atoms. The number of carbonyl (C=O) groups excluding carboxylic acids is 2. The van der Waals surface area contributed by atoms with E-state index >= 15 is 0 Å². The first kappa shape index (κ1) is 41.6. The van der Waals surface area contributed by atoms with Crippen LogP contribution >= 0.6 is 0 Å². The van der Waals surface area contributed by atoms with Crippen molar-refractivity contribution >= 4 is 46.1 Å². The van der Waals surface area contributed by atoms with Gasteiger partial charge in [0, 0.05) is 58.3 Å². The zero-order valence-electron chi connectivity index (χ0n) is 32.1. The van der Waals surface area contributed by atoms with E-state index in [1.165, 1.54) is 0 Å². The molecule has 4 aromatic rings. The van der Waals surface area contributed by atoms with E-state index in [2.05, 4.69) is 89.8 Å². The van der Waals surface area contributed by atoms with Crippen molar-refractivity contribution < 1.29 is 36.8 Å². The quantitative estimate of drug-likeness (QED) is 0.0442. The highest BCUT2D eigenvalue weighted by Gasteiger charge is 2.28. The summed E-state index contributed by atoms with van der Waals surface area (Å²) in [5.41, 5.74) is 7.40. The van der Waals surface area contributed by atoms with Gasteiger partial charge in [-0.15, -0.1) is 0 Å². The fraction of sp³-hybridized carbons (Fsp3) is 0.381. The molecule has 0 atom stereocenters. The second kappa shape index (κ2) is 21.0. The first-order chi connectivity index (χ1) is 25.6. The van der Waals surface area contributed by atoms with Crippen LogP contribution in [0.25, 0.3) is 11.1 Å². The van der Waals surface area contributed by atoms with Crippen molar-refractivity contribution in [2.24, 2.45) is 0 Å². The predicted octanol–water partition coefficient (Wildman–Crippen LogP) is 9.28. The molecule has 0 saturated carbocycles. The summed E-state index contributed by atoms with van der Waals surface area (Å²) in [4.78, 5) is 27.1. The van der Waals surface area contributed by atoms with E-state index in [0.717, 1.165) is 51.4 Å². The van der Waals surface area contributed by atoms with Crippen molar-refractivity contribution in [3.8, 4) is 11.1 Å². The Morgan fingerprint density at radius 3 is 1.25 bits per heavy atom. The van der Waals surface area contributed by atoms with Crippen LogP contribution in [0.15, 0.2) is 103 Å². The Morgan fingerprint density at radius 2 is 0.868 bits per heavy atom. The number of rotatable bonds is 22. The van der Waals surface area contributed by atoms with Gasteiger partial charge in [0.05, 0.1) is 13.2 Å². The summed E-state index contributed by atoms with van der Waals surface area (Å²) in [5.74, 6) is -0.419. The Kier molecular flexibility index (Phi) is 16.5. The number of aryl methyl sites for hydroxylation is 2. The molecule has 0 fully saturated rings. The number of carbonyl (C=O) groups is 2. The number of hydrogen-bond donors (Lipinski definition) is 0. The molecule has 0 aliphatic rings. The molecule has 0 aliphatic heterocycles. The first-order valence-corrected chi connectivity index (χ1v) is 23.3. The summed E-state index contributed by atoms with van der Waals surface area (Å²) < 4.78 is 33.0. The minimum atomic E-state index is -2.16. The van der Waals surface area contributed by atoms with Crippen LogP contribution in [0.3, 0.4) is 0 Å². The van der Waals surface area contributed by atoms with E-state index in [4.69, 9.17) is 27.2 Å². The third kappa shape index (κ3) is 13.1. The fourth-order valence-electron chi connectivity index (χ4n) is 5.87. The van der Waals surface area contributed by atoms with Crippen molar-refractivity contribution in [3.63, 3.8) is 0 Å². The molecule has 0 bridgehead atoms. The Balaban J connectivity index is 1.39. The lowest BCUT2D eigenvalue weighted by Crippen LogP contribution is -2.36. The second-order valence-electron chi connectivity index (χ2n) is 13.3. The Morgan fingerprint density at radius 1 is 0.509 bits per heavy atom. The highest BCUT2D eigenvalue weighted by Crippen LogP contribution is 2.36. The van der Waals surface area contributed by atoms with Gasteiger partial charge in [0.1, 0.15) is 0 Å². The first-order valence-electron chi connectivity index (χ1n) is 18.3. The summed E-state index contributed by atoms with van der Waals surface area (Å²) in [6, 6.07) is 37.0. The molecule has 0 radical (unpaired) electrons. The van der Waals surface area contributed by atoms with Crippen LogP contribution in [0, 0.1) is 0 Å². The minimum Gasteiger partial charge on any atom is -0.466 e. The van der Waals surface area contributed by atoms with Crippen LogP contribution < -0.4 is 4.90 Å².